The smallest absolute Gasteiger partial charge is 0.301 e. The average Bonchev–Trinajstić information content (AvgIpc) is 4.05. The van der Waals surface area contributed by atoms with Crippen LogP contribution in [-0.2, 0) is 15.4 Å². The molecule has 328 valence electrons. The molecular weight excluding hydrogens is 858 g/mol. The first-order chi connectivity index (χ1) is 33.9. The van der Waals surface area contributed by atoms with Gasteiger partial charge in [0, 0.05) is 33.7 Å². The van der Waals surface area contributed by atoms with E-state index in [4.69, 9.17) is 0 Å². The zero-order chi connectivity index (χ0) is 46.1. The molecule has 0 N–H and O–H groups in total. The van der Waals surface area contributed by atoms with E-state index < -0.39 is 12.9 Å². The number of hydrogen-bond donors (Lipinski definition) is 0. The second kappa shape index (κ2) is 14.7. The highest BCUT2D eigenvalue weighted by Crippen LogP contribution is 2.71. The van der Waals surface area contributed by atoms with Crippen LogP contribution in [0.4, 0.5) is 39.8 Å². The van der Waals surface area contributed by atoms with Crippen LogP contribution in [-0.4, -0.2) is 0 Å². The van der Waals surface area contributed by atoms with Crippen molar-refractivity contribution in [3.05, 3.63) is 276 Å². The molecule has 1 unspecified atom stereocenters. The van der Waals surface area contributed by atoms with Crippen molar-refractivity contribution >= 4 is 52.6 Å². The van der Waals surface area contributed by atoms with Crippen LogP contribution in [0.25, 0.3) is 33.4 Å². The largest absolute Gasteiger partial charge is 0.310 e. The highest BCUT2D eigenvalue weighted by molar-refractivity contribution is 7.76. The highest BCUT2D eigenvalue weighted by Gasteiger charge is 2.53. The molecule has 5 heteroatoms. The minimum absolute atomic E-state index is 0.213. The lowest BCUT2D eigenvalue weighted by Crippen LogP contribution is -2.26. The summed E-state index contributed by atoms with van der Waals surface area (Å²) in [6.07, 6.45) is 0. The monoisotopic (exact) mass is 903 g/mol. The third-order valence-electron chi connectivity index (χ3n) is 15.4. The number of rotatable bonds is 6. The fourth-order valence-corrected chi connectivity index (χ4v) is 15.5. The Labute approximate surface area is 403 Å². The molecule has 0 fully saturated rings. The van der Waals surface area contributed by atoms with E-state index in [0.717, 1.165) is 45.1 Å². The van der Waals surface area contributed by atoms with E-state index >= 15 is 4.57 Å². The number of para-hydroxylation sites is 2. The van der Waals surface area contributed by atoms with Crippen LogP contribution >= 0.6 is 7.44 Å². The number of anilines is 7. The summed E-state index contributed by atoms with van der Waals surface area (Å²) in [5.74, 6) is 0. The molecule has 0 amide bonds. The van der Waals surface area contributed by atoms with Crippen LogP contribution in [0.2, 0.25) is 0 Å². The molecule has 69 heavy (non-hydrogen) atoms. The van der Waals surface area contributed by atoms with Crippen molar-refractivity contribution in [3.8, 4) is 33.4 Å². The number of benzene rings is 10. The van der Waals surface area contributed by atoms with Gasteiger partial charge in [-0.1, -0.05) is 184 Å². The summed E-state index contributed by atoms with van der Waals surface area (Å²) < 4.78 is 20.9. The summed E-state index contributed by atoms with van der Waals surface area (Å²) in [6.45, 7) is 4.70. The van der Waals surface area contributed by atoms with Crippen molar-refractivity contribution in [3.63, 3.8) is 0 Å². The van der Waals surface area contributed by atoms with E-state index in [9.17, 15) is 0 Å². The molecule has 0 saturated carbocycles. The predicted octanol–water partition coefficient (Wildman–Crippen LogP) is 16.6. The lowest BCUT2D eigenvalue weighted by Gasteiger charge is -2.33. The van der Waals surface area contributed by atoms with E-state index in [-0.39, 0.29) is 5.41 Å². The van der Waals surface area contributed by atoms with Crippen LogP contribution in [0.1, 0.15) is 47.2 Å². The molecule has 0 bridgehead atoms. The first-order valence-electron chi connectivity index (χ1n) is 23.9. The van der Waals surface area contributed by atoms with E-state index in [0.29, 0.717) is 0 Å². The molecule has 10 aromatic rings. The van der Waals surface area contributed by atoms with E-state index in [2.05, 4.69) is 204 Å². The van der Waals surface area contributed by atoms with Crippen molar-refractivity contribution < 1.29 is 4.57 Å². The van der Waals surface area contributed by atoms with Gasteiger partial charge in [-0.3, -0.25) is 13.9 Å². The maximum Gasteiger partial charge on any atom is 0.301 e. The van der Waals surface area contributed by atoms with Crippen LogP contribution in [0.3, 0.4) is 0 Å². The third-order valence-corrected chi connectivity index (χ3v) is 18.3. The third kappa shape index (κ3) is 5.33. The maximum absolute atomic E-state index is 16.7. The molecule has 4 aliphatic rings. The average molecular weight is 904 g/mol. The quantitative estimate of drug-likeness (QED) is 0.155. The van der Waals surface area contributed by atoms with Gasteiger partial charge in [0.2, 0.25) is 0 Å². The molecule has 1 atom stereocenters. The Hall–Kier alpha value is -8.17. The standard InChI is InChI=1S/C64H46N3OP/c1-63(2)53-31-16-15-30-52(53)62-57(63)35-20-36-60(62)65(45-37-39-51-50-29-14-19-34-56(50)64(58(51)41-45)54-32-17-12-27-48(54)49-28-13-18-33-55(49)64)46-38-40-59-61(42-46)67(44-23-8-4-9-24-44)69(68,47-25-10-5-11-26-47)66(59)43-21-6-3-7-22-43/h3-42H,1-2H3. The van der Waals surface area contributed by atoms with Gasteiger partial charge < -0.3 is 4.90 Å². The summed E-state index contributed by atoms with van der Waals surface area (Å²) in [6, 6.07) is 87.1. The van der Waals surface area contributed by atoms with Gasteiger partial charge in [0.1, 0.15) is 0 Å². The van der Waals surface area contributed by atoms with Crippen LogP contribution in [0, 0.1) is 0 Å². The van der Waals surface area contributed by atoms with Crippen molar-refractivity contribution in [1.82, 2.24) is 0 Å². The molecule has 0 aromatic heterocycles. The Kier molecular flexibility index (Phi) is 8.49. The fraction of sp³-hybridized carbons (Fsp3) is 0.0625. The van der Waals surface area contributed by atoms with Crippen LogP contribution in [0.5, 0.6) is 0 Å². The second-order valence-electron chi connectivity index (χ2n) is 19.2. The van der Waals surface area contributed by atoms with Gasteiger partial charge in [0.15, 0.2) is 0 Å². The highest BCUT2D eigenvalue weighted by atomic mass is 31.2. The van der Waals surface area contributed by atoms with Crippen molar-refractivity contribution in [2.24, 2.45) is 0 Å². The van der Waals surface area contributed by atoms with Crippen LogP contribution in [0.15, 0.2) is 243 Å². The lowest BCUT2D eigenvalue weighted by molar-refractivity contribution is 0.582. The second-order valence-corrected chi connectivity index (χ2v) is 21.6. The number of nitrogens with zero attached hydrogens (tertiary/aromatic N) is 3. The maximum atomic E-state index is 16.7. The molecular formula is C64H46N3OP. The first-order valence-corrected chi connectivity index (χ1v) is 25.5. The zero-order valence-electron chi connectivity index (χ0n) is 38.3. The Morgan fingerprint density at radius 1 is 0.377 bits per heavy atom. The summed E-state index contributed by atoms with van der Waals surface area (Å²) >= 11 is 0. The predicted molar refractivity (Wildman–Crippen MR) is 286 cm³/mol. The fourth-order valence-electron chi connectivity index (χ4n) is 12.5. The molecule has 3 aliphatic carbocycles. The summed E-state index contributed by atoms with van der Waals surface area (Å²) in [4.78, 5) is 2.48. The van der Waals surface area contributed by atoms with Crippen LogP contribution < -0.4 is 19.5 Å². The first kappa shape index (κ1) is 39.9. The lowest BCUT2D eigenvalue weighted by atomic mass is 9.70. The van der Waals surface area contributed by atoms with Gasteiger partial charge >= 0.3 is 7.44 Å². The minimum atomic E-state index is -3.61. The SMILES string of the molecule is CC1(C)c2ccccc2-c2c(N(c3ccc4c(c3)N(c3ccccc3)P(=O)(c3ccccc3)N4c3ccccc3)c3ccc4c(c3)C3(c5ccccc5-c5ccccc53)c3ccccc3-4)cccc21. The Bertz CT molecular complexity index is 3710. The molecule has 14 rings (SSSR count). The van der Waals surface area contributed by atoms with E-state index in [1.807, 2.05) is 66.7 Å². The zero-order valence-corrected chi connectivity index (χ0v) is 39.2. The topological polar surface area (TPSA) is 26.8 Å². The molecule has 1 heterocycles. The van der Waals surface area contributed by atoms with Gasteiger partial charge in [0.25, 0.3) is 0 Å². The Morgan fingerprint density at radius 2 is 0.826 bits per heavy atom. The van der Waals surface area contributed by atoms with Gasteiger partial charge in [0.05, 0.1) is 27.8 Å². The number of fused-ring (bicyclic) bond motifs is 14. The van der Waals surface area contributed by atoms with Crippen molar-refractivity contribution in [2.45, 2.75) is 24.7 Å². The summed E-state index contributed by atoms with van der Waals surface area (Å²) in [5.41, 5.74) is 21.2. The molecule has 0 radical (unpaired) electrons. The molecule has 10 aromatic carbocycles. The number of hydrogen-bond acceptors (Lipinski definition) is 2. The van der Waals surface area contributed by atoms with Crippen molar-refractivity contribution in [2.75, 3.05) is 14.2 Å². The Morgan fingerprint density at radius 3 is 1.42 bits per heavy atom. The minimum Gasteiger partial charge on any atom is -0.310 e. The normalized spacial score (nSPS) is 16.8. The molecule has 1 spiro atoms. The Balaban J connectivity index is 1.07. The summed E-state index contributed by atoms with van der Waals surface area (Å²) in [5, 5.41) is 0.757. The molecule has 4 nitrogen and oxygen atoms in total. The van der Waals surface area contributed by atoms with Gasteiger partial charge in [-0.05, 0) is 134 Å². The summed E-state index contributed by atoms with van der Waals surface area (Å²) in [7, 11) is -3.61. The van der Waals surface area contributed by atoms with E-state index in [1.165, 1.54) is 66.8 Å². The van der Waals surface area contributed by atoms with Gasteiger partial charge in [-0.25, -0.2) is 0 Å². The van der Waals surface area contributed by atoms with Gasteiger partial charge in [-0.15, -0.1) is 0 Å². The van der Waals surface area contributed by atoms with Gasteiger partial charge in [-0.2, -0.15) is 0 Å². The molecule has 1 aliphatic heterocycles. The van der Waals surface area contributed by atoms with E-state index in [1.54, 1.807) is 0 Å². The molecule has 0 saturated heterocycles. The van der Waals surface area contributed by atoms with Crippen molar-refractivity contribution in [1.29, 1.82) is 0 Å².